The van der Waals surface area contributed by atoms with Crippen molar-refractivity contribution in [2.45, 2.75) is 26.8 Å². The largest absolute Gasteiger partial charge is 0.346 e. The Morgan fingerprint density at radius 2 is 1.81 bits per heavy atom. The molecule has 0 radical (unpaired) electrons. The number of aryl methyl sites for hydroxylation is 2. The molecule has 2 aromatic rings. The number of benzene rings is 2. The lowest BCUT2D eigenvalue weighted by Crippen LogP contribution is -2.30. The first kappa shape index (κ1) is 20.7. The maximum Gasteiger partial charge on any atom is 0.251 e. The Morgan fingerprint density at radius 1 is 1.19 bits per heavy atom. The van der Waals surface area contributed by atoms with Crippen LogP contribution in [0.15, 0.2) is 55.1 Å². The zero-order valence-electron chi connectivity index (χ0n) is 16.2. The molecule has 0 fully saturated rings. The van der Waals surface area contributed by atoms with Crippen LogP contribution in [-0.4, -0.2) is 27.1 Å². The predicted molar refractivity (Wildman–Crippen MR) is 111 cm³/mol. The number of hydrogen-bond acceptors (Lipinski definition) is 3. The van der Waals surface area contributed by atoms with Crippen molar-refractivity contribution in [1.82, 2.24) is 5.32 Å². The Bertz CT molecular complexity index is 934. The van der Waals surface area contributed by atoms with E-state index < -0.39 is 10.0 Å². The molecule has 0 unspecified atom stereocenters. The van der Waals surface area contributed by atoms with Crippen LogP contribution in [0.2, 0.25) is 0 Å². The average Bonchev–Trinajstić information content (AvgIpc) is 2.58. The van der Waals surface area contributed by atoms with Gasteiger partial charge >= 0.3 is 0 Å². The molecular weight excluding hydrogens is 360 g/mol. The summed E-state index contributed by atoms with van der Waals surface area (Å²) in [5.41, 5.74) is 4.35. The van der Waals surface area contributed by atoms with Gasteiger partial charge in [-0.3, -0.25) is 9.10 Å². The number of hydrogen-bond donors (Lipinski definition) is 1. The highest BCUT2D eigenvalue weighted by Gasteiger charge is 2.17. The van der Waals surface area contributed by atoms with Crippen LogP contribution in [0.1, 0.15) is 40.0 Å². The highest BCUT2D eigenvalue weighted by molar-refractivity contribution is 7.92. The van der Waals surface area contributed by atoms with Gasteiger partial charge in [0.25, 0.3) is 5.91 Å². The molecule has 0 aliphatic rings. The Labute approximate surface area is 161 Å². The molecule has 1 atom stereocenters. The monoisotopic (exact) mass is 386 g/mol. The van der Waals surface area contributed by atoms with Crippen LogP contribution in [0.25, 0.3) is 0 Å². The van der Waals surface area contributed by atoms with Crippen LogP contribution in [0.3, 0.4) is 0 Å². The molecule has 0 bridgehead atoms. The third-order valence-corrected chi connectivity index (χ3v) is 5.51. The first-order chi connectivity index (χ1) is 12.6. The lowest BCUT2D eigenvalue weighted by molar-refractivity contribution is 0.0940. The van der Waals surface area contributed by atoms with E-state index in [1.807, 2.05) is 32.9 Å². The van der Waals surface area contributed by atoms with Gasteiger partial charge in [-0.25, -0.2) is 8.42 Å². The summed E-state index contributed by atoms with van der Waals surface area (Å²) in [5.74, 6) is -0.205. The van der Waals surface area contributed by atoms with Crippen molar-refractivity contribution in [2.75, 3.05) is 17.1 Å². The normalized spacial score (nSPS) is 12.3. The highest BCUT2D eigenvalue weighted by Crippen LogP contribution is 2.21. The molecule has 0 aromatic heterocycles. The van der Waals surface area contributed by atoms with Crippen LogP contribution in [0.5, 0.6) is 0 Å². The summed E-state index contributed by atoms with van der Waals surface area (Å²) in [6.07, 6.45) is 2.66. The predicted octanol–water partition coefficient (Wildman–Crippen LogP) is 3.75. The number of anilines is 1. The Morgan fingerprint density at radius 3 is 2.33 bits per heavy atom. The first-order valence-electron chi connectivity index (χ1n) is 8.70. The lowest BCUT2D eigenvalue weighted by atomic mass is 10.00. The second kappa shape index (κ2) is 8.39. The molecule has 1 amide bonds. The van der Waals surface area contributed by atoms with E-state index in [2.05, 4.69) is 18.0 Å². The zero-order valence-corrected chi connectivity index (χ0v) is 17.0. The standard InChI is InChI=1S/C21H26N2O3S/c1-6-13-23(27(5,25)26)19-10-8-18(9-11-19)21(24)22-17(4)20-12-7-15(2)14-16(20)3/h6-12,14,17H,1,13H2,2-5H3,(H,22,24)/t17-/m0/s1. The summed E-state index contributed by atoms with van der Waals surface area (Å²) in [6, 6.07) is 12.5. The van der Waals surface area contributed by atoms with E-state index in [4.69, 9.17) is 0 Å². The second-order valence-corrected chi connectivity index (χ2v) is 8.59. The van der Waals surface area contributed by atoms with E-state index in [0.717, 1.165) is 17.4 Å². The summed E-state index contributed by atoms with van der Waals surface area (Å²) >= 11 is 0. The highest BCUT2D eigenvalue weighted by atomic mass is 32.2. The molecule has 0 aliphatic heterocycles. The van der Waals surface area contributed by atoms with Gasteiger partial charge in [0.15, 0.2) is 0 Å². The molecule has 0 heterocycles. The van der Waals surface area contributed by atoms with E-state index in [1.54, 1.807) is 24.3 Å². The minimum absolute atomic E-state index is 0.133. The van der Waals surface area contributed by atoms with Crippen molar-refractivity contribution in [1.29, 1.82) is 0 Å². The molecular formula is C21H26N2O3S. The third kappa shape index (κ3) is 5.20. The van der Waals surface area contributed by atoms with Gasteiger partial charge in [0.05, 0.1) is 24.5 Å². The van der Waals surface area contributed by atoms with Gasteiger partial charge < -0.3 is 5.32 Å². The van der Waals surface area contributed by atoms with Gasteiger partial charge in [0, 0.05) is 5.56 Å². The molecule has 144 valence electrons. The molecule has 6 heteroatoms. The molecule has 0 spiro atoms. The van der Waals surface area contributed by atoms with Crippen molar-refractivity contribution in [2.24, 2.45) is 0 Å². The van der Waals surface area contributed by atoms with E-state index in [-0.39, 0.29) is 18.5 Å². The van der Waals surface area contributed by atoms with Gasteiger partial charge in [-0.15, -0.1) is 6.58 Å². The van der Waals surface area contributed by atoms with Crippen molar-refractivity contribution >= 4 is 21.6 Å². The fraction of sp³-hybridized carbons (Fsp3) is 0.286. The number of rotatable bonds is 7. The third-order valence-electron chi connectivity index (χ3n) is 4.35. The maximum atomic E-state index is 12.6. The van der Waals surface area contributed by atoms with E-state index in [1.165, 1.54) is 15.9 Å². The Hall–Kier alpha value is -2.60. The molecule has 2 aromatic carbocycles. The van der Waals surface area contributed by atoms with Gasteiger partial charge in [-0.05, 0) is 56.2 Å². The van der Waals surface area contributed by atoms with Crippen LogP contribution >= 0.6 is 0 Å². The van der Waals surface area contributed by atoms with Crippen molar-refractivity contribution in [3.05, 3.63) is 77.4 Å². The SMILES string of the molecule is C=CCN(c1ccc(C(=O)N[C@@H](C)c2ccc(C)cc2C)cc1)S(C)(=O)=O. The first-order valence-corrected chi connectivity index (χ1v) is 10.5. The van der Waals surface area contributed by atoms with E-state index in [9.17, 15) is 13.2 Å². The van der Waals surface area contributed by atoms with E-state index >= 15 is 0 Å². The van der Waals surface area contributed by atoms with Gasteiger partial charge in [0.2, 0.25) is 10.0 Å². The lowest BCUT2D eigenvalue weighted by Gasteiger charge is -2.21. The summed E-state index contributed by atoms with van der Waals surface area (Å²) in [5, 5.41) is 2.99. The van der Waals surface area contributed by atoms with E-state index in [0.29, 0.717) is 11.3 Å². The maximum absolute atomic E-state index is 12.6. The number of sulfonamides is 1. The van der Waals surface area contributed by atoms with Crippen molar-refractivity contribution < 1.29 is 13.2 Å². The van der Waals surface area contributed by atoms with Gasteiger partial charge in [0.1, 0.15) is 0 Å². The summed E-state index contributed by atoms with van der Waals surface area (Å²) < 4.78 is 25.0. The van der Waals surface area contributed by atoms with Crippen LogP contribution in [-0.2, 0) is 10.0 Å². The van der Waals surface area contributed by atoms with Gasteiger partial charge in [-0.2, -0.15) is 0 Å². The molecule has 1 N–H and O–H groups in total. The topological polar surface area (TPSA) is 66.5 Å². The number of nitrogens with zero attached hydrogens (tertiary/aromatic N) is 1. The number of carbonyl (C=O) groups is 1. The number of amides is 1. The van der Waals surface area contributed by atoms with Crippen LogP contribution in [0.4, 0.5) is 5.69 Å². The Balaban J connectivity index is 2.16. The van der Waals surface area contributed by atoms with Gasteiger partial charge in [-0.1, -0.05) is 29.8 Å². The fourth-order valence-electron chi connectivity index (χ4n) is 3.00. The van der Waals surface area contributed by atoms with Crippen LogP contribution < -0.4 is 9.62 Å². The summed E-state index contributed by atoms with van der Waals surface area (Å²) in [4.78, 5) is 12.6. The van der Waals surface area contributed by atoms with Crippen molar-refractivity contribution in [3.8, 4) is 0 Å². The fourth-order valence-corrected chi connectivity index (χ4v) is 3.88. The average molecular weight is 387 g/mol. The number of nitrogens with one attached hydrogen (secondary N) is 1. The molecule has 0 saturated heterocycles. The molecule has 27 heavy (non-hydrogen) atoms. The summed E-state index contributed by atoms with van der Waals surface area (Å²) in [6.45, 7) is 9.77. The minimum atomic E-state index is -3.42. The smallest absolute Gasteiger partial charge is 0.251 e. The molecule has 5 nitrogen and oxygen atoms in total. The number of carbonyl (C=O) groups excluding carboxylic acids is 1. The molecule has 0 saturated carbocycles. The zero-order chi connectivity index (χ0) is 20.2. The minimum Gasteiger partial charge on any atom is -0.346 e. The second-order valence-electron chi connectivity index (χ2n) is 6.68. The van der Waals surface area contributed by atoms with Crippen molar-refractivity contribution in [3.63, 3.8) is 0 Å². The molecule has 2 rings (SSSR count). The quantitative estimate of drug-likeness (QED) is 0.737. The summed E-state index contributed by atoms with van der Waals surface area (Å²) in [7, 11) is -3.42. The molecule has 0 aliphatic carbocycles. The van der Waals surface area contributed by atoms with Crippen LogP contribution in [0, 0.1) is 13.8 Å². The Kier molecular flexibility index (Phi) is 6.44.